The number of furan rings is 1. The molecular weight excluding hydrogens is 379 g/mol. The summed E-state index contributed by atoms with van der Waals surface area (Å²) in [5.74, 6) is -0.197. The highest BCUT2D eigenvalue weighted by Crippen LogP contribution is 2.31. The van der Waals surface area contributed by atoms with Gasteiger partial charge in [0.2, 0.25) is 0 Å². The van der Waals surface area contributed by atoms with Crippen molar-refractivity contribution in [3.05, 3.63) is 52.1 Å². The maximum absolute atomic E-state index is 13.6. The number of ether oxygens (including phenoxy) is 1. The van der Waals surface area contributed by atoms with E-state index in [1.54, 1.807) is 18.6 Å². The van der Waals surface area contributed by atoms with Crippen molar-refractivity contribution in [2.75, 3.05) is 19.7 Å². The lowest BCUT2D eigenvalue weighted by atomic mass is 10.1. The summed E-state index contributed by atoms with van der Waals surface area (Å²) in [6.07, 6.45) is 4.11. The fourth-order valence-corrected chi connectivity index (χ4v) is 2.50. The Balaban J connectivity index is 2.11. The molecule has 24 heavy (non-hydrogen) atoms. The molecule has 0 spiro atoms. The number of hydrogen-bond acceptors (Lipinski definition) is 5. The molecule has 0 aliphatic rings. The van der Waals surface area contributed by atoms with Crippen LogP contribution in [-0.2, 0) is 0 Å². The molecule has 1 aromatic heterocycles. The van der Waals surface area contributed by atoms with Crippen molar-refractivity contribution >= 4 is 15.9 Å². The Hall–Kier alpha value is -1.88. The lowest BCUT2D eigenvalue weighted by Gasteiger charge is -2.19. The van der Waals surface area contributed by atoms with Crippen LogP contribution in [0.15, 0.2) is 39.6 Å². The van der Waals surface area contributed by atoms with Crippen LogP contribution in [0.4, 0.5) is 4.39 Å². The number of rotatable bonds is 9. The average Bonchev–Trinajstić information content (AvgIpc) is 3.11. The Morgan fingerprint density at radius 1 is 1.42 bits per heavy atom. The molecule has 0 radical (unpaired) electrons. The molecule has 2 rings (SSSR count). The highest BCUT2D eigenvalue weighted by atomic mass is 79.9. The third kappa shape index (κ3) is 5.06. The van der Waals surface area contributed by atoms with Gasteiger partial charge in [-0.2, -0.15) is 5.26 Å². The highest BCUT2D eigenvalue weighted by molar-refractivity contribution is 9.10. The number of halogens is 2. The first-order valence-electron chi connectivity index (χ1n) is 7.55. The maximum atomic E-state index is 13.6. The molecule has 7 heteroatoms. The first-order valence-corrected chi connectivity index (χ1v) is 8.34. The summed E-state index contributed by atoms with van der Waals surface area (Å²) in [6.45, 7) is 1.52. The van der Waals surface area contributed by atoms with Crippen molar-refractivity contribution in [2.24, 2.45) is 0 Å². The van der Waals surface area contributed by atoms with Crippen LogP contribution < -0.4 is 10.1 Å². The second kappa shape index (κ2) is 9.42. The van der Waals surface area contributed by atoms with E-state index in [9.17, 15) is 9.65 Å². The monoisotopic (exact) mass is 396 g/mol. The highest BCUT2D eigenvalue weighted by Gasteiger charge is 2.18. The van der Waals surface area contributed by atoms with E-state index in [2.05, 4.69) is 21.2 Å². The van der Waals surface area contributed by atoms with E-state index in [4.69, 9.17) is 14.3 Å². The summed E-state index contributed by atoms with van der Waals surface area (Å²) in [5, 5.41) is 21.2. The number of aliphatic hydroxyl groups excluding tert-OH is 1. The van der Waals surface area contributed by atoms with Gasteiger partial charge in [-0.15, -0.1) is 0 Å². The molecule has 128 valence electrons. The molecule has 1 atom stereocenters. The Kier molecular flexibility index (Phi) is 7.25. The predicted molar refractivity (Wildman–Crippen MR) is 90.1 cm³/mol. The molecule has 0 fully saturated rings. The first-order chi connectivity index (χ1) is 11.7. The van der Waals surface area contributed by atoms with Gasteiger partial charge < -0.3 is 19.6 Å². The number of aliphatic hydroxyl groups is 1. The number of hydrogen-bond donors (Lipinski definition) is 2. The molecule has 0 amide bonds. The lowest BCUT2D eigenvalue weighted by Crippen LogP contribution is -2.21. The lowest BCUT2D eigenvalue weighted by molar-refractivity contribution is 0.191. The Morgan fingerprint density at radius 2 is 2.25 bits per heavy atom. The van der Waals surface area contributed by atoms with Crippen molar-refractivity contribution in [3.8, 4) is 11.8 Å². The van der Waals surface area contributed by atoms with E-state index in [0.29, 0.717) is 31.7 Å². The van der Waals surface area contributed by atoms with Gasteiger partial charge >= 0.3 is 0 Å². The van der Waals surface area contributed by atoms with Gasteiger partial charge in [0.15, 0.2) is 0 Å². The largest absolute Gasteiger partial charge is 0.484 e. The summed E-state index contributed by atoms with van der Waals surface area (Å²) in [7, 11) is 0. The van der Waals surface area contributed by atoms with E-state index in [0.717, 1.165) is 11.6 Å². The summed E-state index contributed by atoms with van der Waals surface area (Å²) in [5.41, 5.74) is 0.973. The number of nitrogens with one attached hydrogen (secondary N) is 1. The molecular formula is C17H18BrFN2O3. The average molecular weight is 397 g/mol. The van der Waals surface area contributed by atoms with Crippen molar-refractivity contribution in [3.63, 3.8) is 0 Å². The first kappa shape index (κ1) is 18.5. The summed E-state index contributed by atoms with van der Waals surface area (Å²) < 4.78 is 24.9. The number of nitrogens with zero attached hydrogens (tertiary/aromatic N) is 1. The molecule has 0 aliphatic heterocycles. The summed E-state index contributed by atoms with van der Waals surface area (Å²) in [4.78, 5) is 0. The third-order valence-electron chi connectivity index (χ3n) is 3.42. The van der Waals surface area contributed by atoms with Crippen molar-refractivity contribution in [1.82, 2.24) is 5.32 Å². The molecule has 0 unspecified atom stereocenters. The van der Waals surface area contributed by atoms with Gasteiger partial charge in [-0.25, -0.2) is 4.39 Å². The molecule has 1 heterocycles. The van der Waals surface area contributed by atoms with Crippen LogP contribution in [0.1, 0.15) is 30.1 Å². The van der Waals surface area contributed by atoms with E-state index < -0.39 is 5.82 Å². The van der Waals surface area contributed by atoms with Crippen LogP contribution in [0.2, 0.25) is 0 Å². The molecule has 1 aromatic carbocycles. The molecule has 0 bridgehead atoms. The standard InChI is InChI=1S/C17H18BrFN2O3/c18-14-9-17(13(10-20)8-15(14)19)24-16(12-3-7-23-11-12)2-5-21-4-1-6-22/h3,7-9,11,16,21-22H,1-2,4-6H2/t16-/m1/s1. The van der Waals surface area contributed by atoms with Gasteiger partial charge in [0.1, 0.15) is 23.7 Å². The van der Waals surface area contributed by atoms with Crippen LogP contribution in [0, 0.1) is 17.1 Å². The summed E-state index contributed by atoms with van der Waals surface area (Å²) >= 11 is 3.11. The minimum absolute atomic E-state index is 0.137. The number of nitriles is 1. The zero-order valence-corrected chi connectivity index (χ0v) is 14.6. The fourth-order valence-electron chi connectivity index (χ4n) is 2.18. The van der Waals surface area contributed by atoms with E-state index in [1.165, 1.54) is 6.07 Å². The van der Waals surface area contributed by atoms with Gasteiger partial charge in [-0.05, 0) is 53.6 Å². The normalized spacial score (nSPS) is 11.9. The minimum Gasteiger partial charge on any atom is -0.484 e. The van der Waals surface area contributed by atoms with Crippen LogP contribution in [0.5, 0.6) is 5.75 Å². The van der Waals surface area contributed by atoms with E-state index >= 15 is 0 Å². The fraction of sp³-hybridized carbons (Fsp3) is 0.353. The van der Waals surface area contributed by atoms with Crippen molar-refractivity contribution < 1.29 is 18.7 Å². The zero-order chi connectivity index (χ0) is 17.4. The minimum atomic E-state index is -0.510. The molecule has 0 aliphatic carbocycles. The second-order valence-electron chi connectivity index (χ2n) is 5.15. The van der Waals surface area contributed by atoms with Crippen LogP contribution >= 0.6 is 15.9 Å². The van der Waals surface area contributed by atoms with Crippen molar-refractivity contribution in [1.29, 1.82) is 5.26 Å². The molecule has 2 aromatic rings. The number of benzene rings is 1. The van der Waals surface area contributed by atoms with Gasteiger partial charge in [0, 0.05) is 18.6 Å². The quantitative estimate of drug-likeness (QED) is 0.633. The van der Waals surface area contributed by atoms with Crippen LogP contribution in [0.25, 0.3) is 0 Å². The molecule has 0 saturated carbocycles. The molecule has 0 saturated heterocycles. The van der Waals surface area contributed by atoms with Gasteiger partial charge in [0.05, 0.1) is 22.6 Å². The maximum Gasteiger partial charge on any atom is 0.139 e. The predicted octanol–water partition coefficient (Wildman–Crippen LogP) is 3.54. The molecule has 2 N–H and O–H groups in total. The Morgan fingerprint density at radius 3 is 2.92 bits per heavy atom. The topological polar surface area (TPSA) is 78.4 Å². The smallest absolute Gasteiger partial charge is 0.139 e. The van der Waals surface area contributed by atoms with Crippen LogP contribution in [-0.4, -0.2) is 24.8 Å². The van der Waals surface area contributed by atoms with Crippen molar-refractivity contribution in [2.45, 2.75) is 18.9 Å². The zero-order valence-electron chi connectivity index (χ0n) is 13.0. The SMILES string of the molecule is N#Cc1cc(F)c(Br)cc1O[C@H](CCNCCCO)c1ccoc1. The van der Waals surface area contributed by atoms with E-state index in [1.807, 2.05) is 6.07 Å². The van der Waals surface area contributed by atoms with E-state index in [-0.39, 0.29) is 22.7 Å². The Labute approximate surface area is 148 Å². The van der Waals surface area contributed by atoms with Gasteiger partial charge in [0.25, 0.3) is 0 Å². The molecule has 5 nitrogen and oxygen atoms in total. The third-order valence-corrected chi connectivity index (χ3v) is 4.03. The van der Waals surface area contributed by atoms with Crippen LogP contribution in [0.3, 0.4) is 0 Å². The summed E-state index contributed by atoms with van der Waals surface area (Å²) in [6, 6.07) is 6.34. The Bertz CT molecular complexity index is 686. The second-order valence-corrected chi connectivity index (χ2v) is 6.01. The van der Waals surface area contributed by atoms with Gasteiger partial charge in [-0.3, -0.25) is 0 Å². The van der Waals surface area contributed by atoms with Gasteiger partial charge in [-0.1, -0.05) is 0 Å².